The highest BCUT2D eigenvalue weighted by atomic mass is 32.2. The van der Waals surface area contributed by atoms with E-state index in [0.717, 1.165) is 17.5 Å². The lowest BCUT2D eigenvalue weighted by Crippen LogP contribution is -2.48. The third-order valence-electron chi connectivity index (χ3n) is 3.41. The van der Waals surface area contributed by atoms with Crippen molar-refractivity contribution >= 4 is 16.4 Å². The van der Waals surface area contributed by atoms with Gasteiger partial charge in [0.2, 0.25) is 16.4 Å². The largest absolute Gasteiger partial charge is 0.343 e. The van der Waals surface area contributed by atoms with Crippen LogP contribution in [0.5, 0.6) is 0 Å². The lowest BCUT2D eigenvalue weighted by molar-refractivity contribution is -0.119. The van der Waals surface area contributed by atoms with Gasteiger partial charge in [-0.15, -0.1) is 0 Å². The van der Waals surface area contributed by atoms with Crippen LogP contribution < -0.4 is 0 Å². The van der Waals surface area contributed by atoms with Crippen LogP contribution in [0.1, 0.15) is 11.1 Å². The lowest BCUT2D eigenvalue weighted by Gasteiger charge is -2.31. The number of benzene rings is 1. The zero-order valence-corrected chi connectivity index (χ0v) is 11.8. The number of carbonyl (C=O) groups excluding carboxylic acids is 1. The van der Waals surface area contributed by atoms with Crippen LogP contribution in [0, 0.1) is 6.92 Å². The van der Waals surface area contributed by atoms with Crippen molar-refractivity contribution in [3.05, 3.63) is 35.4 Å². The second-order valence-electron chi connectivity index (χ2n) is 4.72. The summed E-state index contributed by atoms with van der Waals surface area (Å²) in [4.78, 5) is 12.2. The second kappa shape index (κ2) is 5.71. The second-order valence-corrected chi connectivity index (χ2v) is 6.69. The molecule has 1 aromatic rings. The van der Waals surface area contributed by atoms with E-state index in [1.165, 1.54) is 4.31 Å². The van der Waals surface area contributed by atoms with Gasteiger partial charge in [-0.05, 0) is 18.1 Å². The predicted octanol–water partition coefficient (Wildman–Crippen LogP) is 0.599. The molecule has 1 aliphatic heterocycles. The fourth-order valence-electron chi connectivity index (χ4n) is 2.15. The van der Waals surface area contributed by atoms with Crippen LogP contribution in [-0.4, -0.2) is 50.2 Å². The number of amides is 1. The maximum absolute atomic E-state index is 12.3. The number of hydrogen-bond donors (Lipinski definition) is 0. The molecule has 0 N–H and O–H groups in total. The molecule has 1 amide bonds. The molecule has 0 aromatic heterocycles. The van der Waals surface area contributed by atoms with Crippen molar-refractivity contribution in [2.24, 2.45) is 0 Å². The fraction of sp³-hybridized carbons (Fsp3) is 0.462. The summed E-state index contributed by atoms with van der Waals surface area (Å²) in [6.45, 7) is 3.61. The zero-order chi connectivity index (χ0) is 13.9. The molecule has 6 heteroatoms. The highest BCUT2D eigenvalue weighted by Gasteiger charge is 2.26. The van der Waals surface area contributed by atoms with Crippen LogP contribution in [0.4, 0.5) is 0 Å². The van der Waals surface area contributed by atoms with E-state index in [9.17, 15) is 13.2 Å². The van der Waals surface area contributed by atoms with E-state index < -0.39 is 10.0 Å². The van der Waals surface area contributed by atoms with Crippen LogP contribution >= 0.6 is 0 Å². The van der Waals surface area contributed by atoms with Crippen molar-refractivity contribution < 1.29 is 13.2 Å². The number of hydrogen-bond acceptors (Lipinski definition) is 3. The molecule has 0 spiro atoms. The highest BCUT2D eigenvalue weighted by Crippen LogP contribution is 2.15. The molecule has 1 aliphatic rings. The minimum Gasteiger partial charge on any atom is -0.343 e. The predicted molar refractivity (Wildman–Crippen MR) is 73.0 cm³/mol. The minimum absolute atomic E-state index is 0.0285. The molecule has 0 unspecified atom stereocenters. The molecule has 5 nitrogen and oxygen atoms in total. The standard InChI is InChI=1S/C13H18N2O3S/c1-12-4-2-3-5-13(12)10-19(17,18)15-8-6-14(11-16)7-9-15/h2-5,11H,6-10H2,1H3. The van der Waals surface area contributed by atoms with Crippen molar-refractivity contribution in [3.8, 4) is 0 Å². The van der Waals surface area contributed by atoms with Gasteiger partial charge < -0.3 is 4.90 Å². The average molecular weight is 282 g/mol. The number of sulfonamides is 1. The molecule has 19 heavy (non-hydrogen) atoms. The van der Waals surface area contributed by atoms with E-state index in [0.29, 0.717) is 26.2 Å². The summed E-state index contributed by atoms with van der Waals surface area (Å²) in [5.74, 6) is 0.0285. The SMILES string of the molecule is Cc1ccccc1CS(=O)(=O)N1CCN(C=O)CC1. The molecule has 0 radical (unpaired) electrons. The Balaban J connectivity index is 2.07. The first-order valence-electron chi connectivity index (χ1n) is 6.24. The van der Waals surface area contributed by atoms with Crippen LogP contribution in [-0.2, 0) is 20.6 Å². The Morgan fingerprint density at radius 1 is 1.16 bits per heavy atom. The number of nitrogens with zero attached hydrogens (tertiary/aromatic N) is 2. The number of piperazine rings is 1. The topological polar surface area (TPSA) is 57.7 Å². The van der Waals surface area contributed by atoms with Gasteiger partial charge in [0.1, 0.15) is 0 Å². The Kier molecular flexibility index (Phi) is 4.21. The van der Waals surface area contributed by atoms with Gasteiger partial charge in [-0.25, -0.2) is 8.42 Å². The molecule has 1 heterocycles. The zero-order valence-electron chi connectivity index (χ0n) is 10.9. The number of aryl methyl sites for hydroxylation is 1. The summed E-state index contributed by atoms with van der Waals surface area (Å²) >= 11 is 0. The molecule has 1 saturated heterocycles. The molecule has 0 saturated carbocycles. The van der Waals surface area contributed by atoms with Gasteiger partial charge in [-0.1, -0.05) is 24.3 Å². The van der Waals surface area contributed by atoms with E-state index in [1.807, 2.05) is 31.2 Å². The van der Waals surface area contributed by atoms with Gasteiger partial charge in [-0.2, -0.15) is 4.31 Å². The molecule has 2 rings (SSSR count). The fourth-order valence-corrected chi connectivity index (χ4v) is 3.77. The summed E-state index contributed by atoms with van der Waals surface area (Å²) in [7, 11) is -3.30. The van der Waals surface area contributed by atoms with Gasteiger partial charge in [-0.3, -0.25) is 4.79 Å². The maximum atomic E-state index is 12.3. The summed E-state index contributed by atoms with van der Waals surface area (Å²) in [5, 5.41) is 0. The van der Waals surface area contributed by atoms with E-state index in [4.69, 9.17) is 0 Å². The van der Waals surface area contributed by atoms with Crippen molar-refractivity contribution in [2.75, 3.05) is 26.2 Å². The van der Waals surface area contributed by atoms with Crippen molar-refractivity contribution in [1.82, 2.24) is 9.21 Å². The molecule has 1 fully saturated rings. The molecule has 0 aliphatic carbocycles. The highest BCUT2D eigenvalue weighted by molar-refractivity contribution is 7.88. The van der Waals surface area contributed by atoms with Crippen LogP contribution in [0.3, 0.4) is 0 Å². The molecular formula is C13H18N2O3S. The summed E-state index contributed by atoms with van der Waals surface area (Å²) in [6, 6.07) is 7.50. The van der Waals surface area contributed by atoms with Crippen molar-refractivity contribution in [3.63, 3.8) is 0 Å². The van der Waals surface area contributed by atoms with Crippen molar-refractivity contribution in [2.45, 2.75) is 12.7 Å². The monoisotopic (exact) mass is 282 g/mol. The molecule has 104 valence electrons. The Morgan fingerprint density at radius 2 is 1.79 bits per heavy atom. The first-order valence-corrected chi connectivity index (χ1v) is 7.85. The normalized spacial score (nSPS) is 17.4. The van der Waals surface area contributed by atoms with Gasteiger partial charge in [0.15, 0.2) is 0 Å². The van der Waals surface area contributed by atoms with Crippen LogP contribution in [0.15, 0.2) is 24.3 Å². The summed E-state index contributed by atoms with van der Waals surface area (Å²) in [5.41, 5.74) is 1.82. The third-order valence-corrected chi connectivity index (χ3v) is 5.24. The summed E-state index contributed by atoms with van der Waals surface area (Å²) < 4.78 is 26.1. The van der Waals surface area contributed by atoms with Gasteiger partial charge in [0.25, 0.3) is 0 Å². The first-order chi connectivity index (χ1) is 9.03. The van der Waals surface area contributed by atoms with Crippen LogP contribution in [0.2, 0.25) is 0 Å². The smallest absolute Gasteiger partial charge is 0.218 e. The Hall–Kier alpha value is -1.40. The minimum atomic E-state index is -3.30. The van der Waals surface area contributed by atoms with Gasteiger partial charge in [0, 0.05) is 26.2 Å². The van der Waals surface area contributed by atoms with Crippen LogP contribution in [0.25, 0.3) is 0 Å². The molecule has 0 atom stereocenters. The number of rotatable bonds is 4. The van der Waals surface area contributed by atoms with E-state index in [1.54, 1.807) is 4.90 Å². The Morgan fingerprint density at radius 3 is 2.37 bits per heavy atom. The van der Waals surface area contributed by atoms with E-state index in [-0.39, 0.29) is 5.75 Å². The molecular weight excluding hydrogens is 264 g/mol. The maximum Gasteiger partial charge on any atom is 0.218 e. The van der Waals surface area contributed by atoms with Crippen molar-refractivity contribution in [1.29, 1.82) is 0 Å². The van der Waals surface area contributed by atoms with E-state index >= 15 is 0 Å². The molecule has 1 aromatic carbocycles. The Bertz CT molecular complexity index is 549. The van der Waals surface area contributed by atoms with E-state index in [2.05, 4.69) is 0 Å². The first kappa shape index (κ1) is 14.0. The number of carbonyl (C=O) groups is 1. The van der Waals surface area contributed by atoms with Gasteiger partial charge in [0.05, 0.1) is 5.75 Å². The molecule has 0 bridgehead atoms. The third kappa shape index (κ3) is 3.33. The lowest BCUT2D eigenvalue weighted by atomic mass is 10.1. The Labute approximate surface area is 113 Å². The quantitative estimate of drug-likeness (QED) is 0.760. The average Bonchev–Trinajstić information content (AvgIpc) is 2.41. The summed E-state index contributed by atoms with van der Waals surface area (Å²) in [6.07, 6.45) is 0.769. The van der Waals surface area contributed by atoms with Gasteiger partial charge >= 0.3 is 0 Å².